The van der Waals surface area contributed by atoms with Crippen LogP contribution in [0.5, 0.6) is 0 Å². The van der Waals surface area contributed by atoms with E-state index in [2.05, 4.69) is 25.0 Å². The fourth-order valence-electron chi connectivity index (χ4n) is 2.83. The molecule has 3 aromatic rings. The van der Waals surface area contributed by atoms with Gasteiger partial charge in [-0.2, -0.15) is 9.61 Å². The first-order valence-corrected chi connectivity index (χ1v) is 8.15. The van der Waals surface area contributed by atoms with Gasteiger partial charge in [-0.05, 0) is 12.2 Å². The van der Waals surface area contributed by atoms with Gasteiger partial charge in [-0.15, -0.1) is 0 Å². The van der Waals surface area contributed by atoms with Crippen molar-refractivity contribution in [1.82, 2.24) is 24.6 Å². The van der Waals surface area contributed by atoms with E-state index in [1.807, 2.05) is 12.1 Å². The van der Waals surface area contributed by atoms with Crippen molar-refractivity contribution < 1.29 is 9.53 Å². The van der Waals surface area contributed by atoms with Crippen molar-refractivity contribution >= 4 is 23.3 Å². The second-order valence-corrected chi connectivity index (χ2v) is 5.79. The molecule has 25 heavy (non-hydrogen) atoms. The summed E-state index contributed by atoms with van der Waals surface area (Å²) in [6.45, 7) is 2.97. The molecule has 0 atom stereocenters. The lowest BCUT2D eigenvalue weighted by molar-refractivity contribution is -0.114. The Kier molecular flexibility index (Phi) is 4.26. The molecule has 0 aromatic carbocycles. The number of fused-ring (bicyclic) bond motifs is 1. The number of aromatic amines is 1. The predicted molar refractivity (Wildman–Crippen MR) is 92.4 cm³/mol. The second kappa shape index (κ2) is 6.86. The number of nitrogens with zero attached hydrogens (tertiary/aromatic N) is 5. The topological polar surface area (TPSA) is 88.4 Å². The smallest absolute Gasteiger partial charge is 0.161 e. The number of hydrogen-bond donors (Lipinski definition) is 1. The van der Waals surface area contributed by atoms with E-state index in [1.165, 1.54) is 0 Å². The molecule has 0 unspecified atom stereocenters. The third-order valence-electron chi connectivity index (χ3n) is 4.05. The molecule has 1 aliphatic rings. The van der Waals surface area contributed by atoms with Gasteiger partial charge < -0.3 is 14.6 Å². The third kappa shape index (κ3) is 3.43. The molecule has 0 bridgehead atoms. The number of aromatic nitrogens is 5. The van der Waals surface area contributed by atoms with Crippen molar-refractivity contribution in [2.24, 2.45) is 0 Å². The molecule has 4 rings (SSSR count). The van der Waals surface area contributed by atoms with Crippen molar-refractivity contribution in [3.63, 3.8) is 0 Å². The van der Waals surface area contributed by atoms with Gasteiger partial charge in [0.2, 0.25) is 0 Å². The highest BCUT2D eigenvalue weighted by atomic mass is 16.5. The van der Waals surface area contributed by atoms with E-state index in [1.54, 1.807) is 35.4 Å². The van der Waals surface area contributed by atoms with Crippen molar-refractivity contribution in [1.29, 1.82) is 0 Å². The second-order valence-electron chi connectivity index (χ2n) is 5.79. The zero-order chi connectivity index (χ0) is 17.1. The van der Waals surface area contributed by atoms with Crippen LogP contribution in [0.1, 0.15) is 11.4 Å². The standard InChI is InChI=1S/C17H18N6O2/c24-15(2-1-13-11-18-12-19-13)9-14-10-17(22-5-7-25-8-6-22)23-16(21-14)3-4-20-23/h1-4,10-12H,5-9H2,(H,18,19)/b2-1+. The van der Waals surface area contributed by atoms with Crippen LogP contribution in [0.4, 0.5) is 5.82 Å². The fourth-order valence-corrected chi connectivity index (χ4v) is 2.83. The van der Waals surface area contributed by atoms with Crippen molar-refractivity contribution in [3.05, 3.63) is 48.3 Å². The molecule has 3 aromatic heterocycles. The summed E-state index contributed by atoms with van der Waals surface area (Å²) in [5.41, 5.74) is 2.26. The van der Waals surface area contributed by atoms with Crippen LogP contribution >= 0.6 is 0 Å². The molecule has 0 radical (unpaired) electrons. The molecular formula is C17H18N6O2. The van der Waals surface area contributed by atoms with Gasteiger partial charge in [0.05, 0.1) is 49.7 Å². The van der Waals surface area contributed by atoms with E-state index in [9.17, 15) is 4.79 Å². The Morgan fingerprint density at radius 2 is 2.24 bits per heavy atom. The summed E-state index contributed by atoms with van der Waals surface area (Å²) >= 11 is 0. The summed E-state index contributed by atoms with van der Waals surface area (Å²) in [5, 5.41) is 4.35. The zero-order valence-corrected chi connectivity index (χ0v) is 13.6. The van der Waals surface area contributed by atoms with Crippen molar-refractivity contribution in [2.45, 2.75) is 6.42 Å². The SMILES string of the molecule is O=C(/C=C/c1cnc[nH]1)Cc1cc(N2CCOCC2)n2nccc2n1. The Morgan fingerprint density at radius 1 is 1.36 bits per heavy atom. The van der Waals surface area contributed by atoms with Crippen LogP contribution in [0.25, 0.3) is 11.7 Å². The highest BCUT2D eigenvalue weighted by Gasteiger charge is 2.17. The number of rotatable bonds is 5. The molecule has 0 amide bonds. The van der Waals surface area contributed by atoms with E-state index in [0.29, 0.717) is 13.2 Å². The van der Waals surface area contributed by atoms with Crippen LogP contribution < -0.4 is 4.90 Å². The van der Waals surface area contributed by atoms with E-state index in [0.717, 1.165) is 35.9 Å². The first kappa shape index (κ1) is 15.5. The Morgan fingerprint density at radius 3 is 3.04 bits per heavy atom. The minimum Gasteiger partial charge on any atom is -0.378 e. The number of ether oxygens (including phenoxy) is 1. The number of carbonyl (C=O) groups excluding carboxylic acids is 1. The number of carbonyl (C=O) groups is 1. The molecular weight excluding hydrogens is 320 g/mol. The largest absolute Gasteiger partial charge is 0.378 e. The minimum atomic E-state index is -0.0149. The van der Waals surface area contributed by atoms with Crippen LogP contribution in [-0.4, -0.2) is 56.7 Å². The summed E-state index contributed by atoms with van der Waals surface area (Å²) in [7, 11) is 0. The van der Waals surface area contributed by atoms with E-state index in [-0.39, 0.29) is 12.2 Å². The van der Waals surface area contributed by atoms with Crippen LogP contribution in [0.3, 0.4) is 0 Å². The molecule has 0 saturated carbocycles. The molecule has 8 heteroatoms. The summed E-state index contributed by atoms with van der Waals surface area (Å²) < 4.78 is 7.22. The number of anilines is 1. The van der Waals surface area contributed by atoms with Crippen LogP contribution in [0.15, 0.2) is 36.9 Å². The summed E-state index contributed by atoms with van der Waals surface area (Å²) in [4.78, 5) is 25.9. The van der Waals surface area contributed by atoms with Crippen molar-refractivity contribution in [3.8, 4) is 0 Å². The van der Waals surface area contributed by atoms with Gasteiger partial charge in [-0.25, -0.2) is 9.97 Å². The number of hydrogen-bond acceptors (Lipinski definition) is 6. The molecule has 1 N–H and O–H groups in total. The average Bonchev–Trinajstić information content (AvgIpc) is 3.31. The Labute approximate surface area is 144 Å². The average molecular weight is 338 g/mol. The van der Waals surface area contributed by atoms with E-state index >= 15 is 0 Å². The van der Waals surface area contributed by atoms with Gasteiger partial charge >= 0.3 is 0 Å². The lowest BCUT2D eigenvalue weighted by Crippen LogP contribution is -2.37. The molecule has 0 aliphatic carbocycles. The third-order valence-corrected chi connectivity index (χ3v) is 4.05. The van der Waals surface area contributed by atoms with Crippen molar-refractivity contribution in [2.75, 3.05) is 31.2 Å². The first-order chi connectivity index (χ1) is 12.3. The van der Waals surface area contributed by atoms with Gasteiger partial charge in [0.25, 0.3) is 0 Å². The number of imidazole rings is 1. The van der Waals surface area contributed by atoms with Gasteiger partial charge in [0, 0.05) is 25.2 Å². The lowest BCUT2D eigenvalue weighted by atomic mass is 10.2. The Bertz CT molecular complexity index is 893. The Balaban J connectivity index is 1.58. The number of morpholine rings is 1. The maximum atomic E-state index is 12.3. The van der Waals surface area contributed by atoms with Crippen LogP contribution in [-0.2, 0) is 16.0 Å². The monoisotopic (exact) mass is 338 g/mol. The highest BCUT2D eigenvalue weighted by Crippen LogP contribution is 2.19. The van der Waals surface area contributed by atoms with E-state index in [4.69, 9.17) is 4.74 Å². The number of allylic oxidation sites excluding steroid dienone is 1. The fraction of sp³-hybridized carbons (Fsp3) is 0.294. The molecule has 1 saturated heterocycles. The lowest BCUT2D eigenvalue weighted by Gasteiger charge is -2.29. The normalized spacial score (nSPS) is 15.3. The highest BCUT2D eigenvalue weighted by molar-refractivity contribution is 5.94. The van der Waals surface area contributed by atoms with E-state index < -0.39 is 0 Å². The van der Waals surface area contributed by atoms with Crippen LogP contribution in [0, 0.1) is 0 Å². The Hall–Kier alpha value is -3.00. The van der Waals surface area contributed by atoms with Gasteiger partial charge in [-0.1, -0.05) is 0 Å². The molecule has 8 nitrogen and oxygen atoms in total. The molecule has 128 valence electrons. The van der Waals surface area contributed by atoms with Gasteiger partial charge in [0.1, 0.15) is 5.82 Å². The number of H-pyrrole nitrogens is 1. The minimum absolute atomic E-state index is 0.0149. The van der Waals surface area contributed by atoms with Gasteiger partial charge in [0.15, 0.2) is 11.4 Å². The quantitative estimate of drug-likeness (QED) is 0.701. The zero-order valence-electron chi connectivity index (χ0n) is 13.6. The number of nitrogens with one attached hydrogen (secondary N) is 1. The summed E-state index contributed by atoms with van der Waals surface area (Å²) in [6.07, 6.45) is 8.46. The van der Waals surface area contributed by atoms with Crippen LogP contribution in [0.2, 0.25) is 0 Å². The molecule has 4 heterocycles. The molecule has 1 fully saturated rings. The maximum Gasteiger partial charge on any atom is 0.161 e. The number of ketones is 1. The molecule has 1 aliphatic heterocycles. The molecule has 0 spiro atoms. The predicted octanol–water partition coefficient (Wildman–Crippen LogP) is 1.11. The van der Waals surface area contributed by atoms with Gasteiger partial charge in [-0.3, -0.25) is 4.79 Å². The first-order valence-electron chi connectivity index (χ1n) is 8.15. The maximum absolute atomic E-state index is 12.3. The summed E-state index contributed by atoms with van der Waals surface area (Å²) in [5.74, 6) is 0.928. The summed E-state index contributed by atoms with van der Waals surface area (Å²) in [6, 6.07) is 3.78.